The van der Waals surface area contributed by atoms with Crippen molar-refractivity contribution in [3.05, 3.63) is 83.2 Å². The molecule has 0 aliphatic carbocycles. The molecule has 5 aromatic rings. The van der Waals surface area contributed by atoms with Gasteiger partial charge in [0, 0.05) is 10.8 Å². The molecule has 0 bridgehead atoms. The van der Waals surface area contributed by atoms with Crippen LogP contribution in [0.25, 0.3) is 38.2 Å². The number of nitrogens with zero attached hydrogens (tertiary/aromatic N) is 2. The number of para-hydroxylation sites is 2. The molecule has 2 heterocycles. The number of fused-ring (bicyclic) bond motifs is 8. The zero-order chi connectivity index (χ0) is 15.4. The van der Waals surface area contributed by atoms with Gasteiger partial charge in [-0.05, 0) is 23.6 Å². The summed E-state index contributed by atoms with van der Waals surface area (Å²) >= 11 is 0. The molecule has 0 unspecified atom stereocenters. The van der Waals surface area contributed by atoms with Crippen molar-refractivity contribution >= 4 is 38.2 Å². The lowest BCUT2D eigenvalue weighted by atomic mass is 10.1. The number of benzene rings is 3. The van der Waals surface area contributed by atoms with E-state index in [1.807, 2.05) is 54.6 Å². The Morgan fingerprint density at radius 3 is 1.87 bits per heavy atom. The summed E-state index contributed by atoms with van der Waals surface area (Å²) in [6.45, 7) is 0. The summed E-state index contributed by atoms with van der Waals surface area (Å²) in [7, 11) is 0. The maximum absolute atomic E-state index is 12.4. The van der Waals surface area contributed by atoms with Crippen LogP contribution in [0.4, 0.5) is 0 Å². The summed E-state index contributed by atoms with van der Waals surface area (Å²) in [5.41, 5.74) is 2.48. The van der Waals surface area contributed by atoms with Crippen LogP contribution in [0.3, 0.4) is 0 Å². The molecule has 0 aliphatic heterocycles. The quantitative estimate of drug-likeness (QED) is 0.402. The van der Waals surface area contributed by atoms with Crippen LogP contribution in [-0.2, 0) is 0 Å². The molecule has 0 aliphatic rings. The molecule has 5 rings (SSSR count). The van der Waals surface area contributed by atoms with E-state index >= 15 is 0 Å². The minimum atomic E-state index is -0.180. The van der Waals surface area contributed by atoms with E-state index < -0.39 is 0 Å². The molecule has 0 radical (unpaired) electrons. The van der Waals surface area contributed by atoms with Gasteiger partial charge in [-0.25, -0.2) is 0 Å². The molecule has 23 heavy (non-hydrogen) atoms. The number of hydrogen-bond acceptors (Lipinski definition) is 2. The first-order valence-corrected chi connectivity index (χ1v) is 7.55. The number of aromatic nitrogens is 2. The van der Waals surface area contributed by atoms with Gasteiger partial charge in [0.05, 0.1) is 16.4 Å². The van der Waals surface area contributed by atoms with E-state index in [1.165, 1.54) is 0 Å². The molecule has 0 amide bonds. The molecule has 0 atom stereocenters. The zero-order valence-corrected chi connectivity index (χ0v) is 12.2. The van der Waals surface area contributed by atoms with Crippen molar-refractivity contribution in [2.75, 3.05) is 0 Å². The second kappa shape index (κ2) is 4.40. The molecular formula is C20H12N2O. The third kappa shape index (κ3) is 1.59. The standard InChI is InChI=1S/C20H12N2O/c23-20-16-10-4-6-12-18(16)22-17-11-5-3-8-14(17)13-7-1-2-9-15(13)19(22)21-20/h1-12H. The first-order chi connectivity index (χ1) is 11.3. The monoisotopic (exact) mass is 296 g/mol. The van der Waals surface area contributed by atoms with Crippen molar-refractivity contribution < 1.29 is 0 Å². The fourth-order valence-corrected chi connectivity index (χ4v) is 3.40. The van der Waals surface area contributed by atoms with Gasteiger partial charge in [-0.3, -0.25) is 9.20 Å². The van der Waals surface area contributed by atoms with Crippen LogP contribution in [0.15, 0.2) is 77.6 Å². The highest BCUT2D eigenvalue weighted by Crippen LogP contribution is 2.29. The minimum absolute atomic E-state index is 0.180. The Morgan fingerprint density at radius 1 is 0.609 bits per heavy atom. The maximum Gasteiger partial charge on any atom is 0.281 e. The third-order valence-corrected chi connectivity index (χ3v) is 4.40. The van der Waals surface area contributed by atoms with Gasteiger partial charge in [0.15, 0.2) is 0 Å². The van der Waals surface area contributed by atoms with E-state index in [1.54, 1.807) is 0 Å². The van der Waals surface area contributed by atoms with E-state index in [0.717, 1.165) is 27.2 Å². The number of hydrogen-bond donors (Lipinski definition) is 0. The van der Waals surface area contributed by atoms with Gasteiger partial charge in [-0.2, -0.15) is 4.98 Å². The molecular weight excluding hydrogens is 284 g/mol. The highest BCUT2D eigenvalue weighted by atomic mass is 16.1. The van der Waals surface area contributed by atoms with E-state index in [-0.39, 0.29) is 5.56 Å². The maximum atomic E-state index is 12.4. The topological polar surface area (TPSA) is 34.4 Å². The second-order valence-electron chi connectivity index (χ2n) is 5.66. The third-order valence-electron chi connectivity index (χ3n) is 4.40. The lowest BCUT2D eigenvalue weighted by molar-refractivity contribution is 1.19. The normalized spacial score (nSPS) is 11.7. The van der Waals surface area contributed by atoms with Crippen LogP contribution in [0.5, 0.6) is 0 Å². The number of pyridine rings is 1. The fraction of sp³-hybridized carbons (Fsp3) is 0. The molecule has 0 fully saturated rings. The second-order valence-corrected chi connectivity index (χ2v) is 5.66. The predicted molar refractivity (Wildman–Crippen MR) is 94.0 cm³/mol. The Balaban J connectivity index is 2.28. The van der Waals surface area contributed by atoms with Gasteiger partial charge >= 0.3 is 0 Å². The summed E-state index contributed by atoms with van der Waals surface area (Å²) in [6, 6.07) is 24.0. The van der Waals surface area contributed by atoms with Crippen LogP contribution in [-0.4, -0.2) is 9.38 Å². The van der Waals surface area contributed by atoms with Crippen molar-refractivity contribution in [1.29, 1.82) is 0 Å². The predicted octanol–water partition coefficient (Wildman–Crippen LogP) is 4.15. The summed E-state index contributed by atoms with van der Waals surface area (Å²) in [6.07, 6.45) is 0. The lowest BCUT2D eigenvalue weighted by Crippen LogP contribution is -2.11. The molecule has 0 N–H and O–H groups in total. The van der Waals surface area contributed by atoms with E-state index in [9.17, 15) is 4.79 Å². The molecule has 3 nitrogen and oxygen atoms in total. The molecule has 3 heteroatoms. The summed E-state index contributed by atoms with van der Waals surface area (Å²) in [4.78, 5) is 16.8. The minimum Gasteiger partial charge on any atom is -0.293 e. The Morgan fingerprint density at radius 2 is 1.13 bits per heavy atom. The average molecular weight is 296 g/mol. The van der Waals surface area contributed by atoms with Crippen LogP contribution in [0.2, 0.25) is 0 Å². The van der Waals surface area contributed by atoms with Gasteiger partial charge in [-0.1, -0.05) is 54.6 Å². The Labute approximate surface area is 131 Å². The van der Waals surface area contributed by atoms with Gasteiger partial charge in [-0.15, -0.1) is 0 Å². The molecule has 2 aromatic heterocycles. The largest absolute Gasteiger partial charge is 0.293 e. The highest BCUT2D eigenvalue weighted by molar-refractivity contribution is 6.12. The molecule has 3 aromatic carbocycles. The van der Waals surface area contributed by atoms with Crippen LogP contribution in [0, 0.1) is 0 Å². The smallest absolute Gasteiger partial charge is 0.281 e. The van der Waals surface area contributed by atoms with Crippen molar-refractivity contribution in [2.45, 2.75) is 0 Å². The van der Waals surface area contributed by atoms with Crippen LogP contribution >= 0.6 is 0 Å². The van der Waals surface area contributed by atoms with Crippen molar-refractivity contribution in [1.82, 2.24) is 9.38 Å². The lowest BCUT2D eigenvalue weighted by Gasteiger charge is -2.13. The molecule has 0 spiro atoms. The Kier molecular flexibility index (Phi) is 2.36. The zero-order valence-electron chi connectivity index (χ0n) is 12.2. The summed E-state index contributed by atoms with van der Waals surface area (Å²) < 4.78 is 2.09. The van der Waals surface area contributed by atoms with E-state index in [2.05, 4.69) is 27.6 Å². The van der Waals surface area contributed by atoms with Gasteiger partial charge < -0.3 is 0 Å². The molecule has 108 valence electrons. The average Bonchev–Trinajstić information content (AvgIpc) is 2.62. The van der Waals surface area contributed by atoms with Crippen molar-refractivity contribution in [3.63, 3.8) is 0 Å². The highest BCUT2D eigenvalue weighted by Gasteiger charge is 2.12. The Bertz CT molecular complexity index is 1290. The first-order valence-electron chi connectivity index (χ1n) is 7.55. The van der Waals surface area contributed by atoms with E-state index in [4.69, 9.17) is 0 Å². The molecule has 0 saturated heterocycles. The van der Waals surface area contributed by atoms with Gasteiger partial charge in [0.1, 0.15) is 5.65 Å². The van der Waals surface area contributed by atoms with Crippen LogP contribution < -0.4 is 5.56 Å². The van der Waals surface area contributed by atoms with E-state index in [0.29, 0.717) is 11.0 Å². The summed E-state index contributed by atoms with van der Waals surface area (Å²) in [5.74, 6) is 0. The SMILES string of the molecule is O=c1nc2c3ccccc3c3ccccc3n2c2ccccc12. The van der Waals surface area contributed by atoms with Crippen molar-refractivity contribution in [2.24, 2.45) is 0 Å². The molecule has 0 saturated carbocycles. The first kappa shape index (κ1) is 12.4. The summed E-state index contributed by atoms with van der Waals surface area (Å²) in [5, 5.41) is 3.91. The van der Waals surface area contributed by atoms with Crippen LogP contribution in [0.1, 0.15) is 0 Å². The van der Waals surface area contributed by atoms with Gasteiger partial charge in [0.25, 0.3) is 5.56 Å². The number of rotatable bonds is 0. The van der Waals surface area contributed by atoms with Gasteiger partial charge in [0.2, 0.25) is 0 Å². The van der Waals surface area contributed by atoms with Crippen molar-refractivity contribution in [3.8, 4) is 0 Å². The fourth-order valence-electron chi connectivity index (χ4n) is 3.40. The Hall–Kier alpha value is -3.20.